The van der Waals surface area contributed by atoms with E-state index in [2.05, 4.69) is 26.1 Å². The minimum atomic E-state index is -0.464. The molecule has 1 aromatic carbocycles. The molecule has 3 heteroatoms. The molecule has 0 aliphatic rings. The van der Waals surface area contributed by atoms with Crippen molar-refractivity contribution in [2.75, 3.05) is 5.32 Å². The molecule has 0 fully saturated rings. The second-order valence-corrected chi connectivity index (χ2v) is 4.32. The molecule has 0 aliphatic carbocycles. The Balaban J connectivity index is 2.76. The van der Waals surface area contributed by atoms with E-state index < -0.39 is 5.82 Å². The number of hydrogen-bond donors (Lipinski definition) is 1. The molecule has 1 atom stereocenters. The molecule has 2 nitrogen and oxygen atoms in total. The molecule has 0 bridgehead atoms. The summed E-state index contributed by atoms with van der Waals surface area (Å²) in [6, 6.07) is 6.77. The number of anilines is 1. The summed E-state index contributed by atoms with van der Waals surface area (Å²) in [6.07, 6.45) is 2.20. The molecule has 92 valence electrons. The minimum Gasteiger partial charge on any atom is -0.382 e. The van der Waals surface area contributed by atoms with Crippen LogP contribution in [0.5, 0.6) is 0 Å². The van der Waals surface area contributed by atoms with Gasteiger partial charge in [0.15, 0.2) is 0 Å². The summed E-state index contributed by atoms with van der Waals surface area (Å²) in [5.74, 6) is 0.114. The average molecular weight is 234 g/mol. The van der Waals surface area contributed by atoms with E-state index in [0.29, 0.717) is 12.0 Å². The molecule has 0 saturated carbocycles. The van der Waals surface area contributed by atoms with Crippen molar-refractivity contribution in [3.8, 4) is 6.07 Å². The molecule has 1 N–H and O–H groups in total. The maximum Gasteiger partial charge on any atom is 0.143 e. The zero-order valence-corrected chi connectivity index (χ0v) is 10.6. The minimum absolute atomic E-state index is 0.0886. The Labute approximate surface area is 102 Å². The zero-order valence-electron chi connectivity index (χ0n) is 10.6. The van der Waals surface area contributed by atoms with Crippen molar-refractivity contribution < 1.29 is 4.39 Å². The van der Waals surface area contributed by atoms with Gasteiger partial charge in [-0.3, -0.25) is 0 Å². The van der Waals surface area contributed by atoms with E-state index in [4.69, 9.17) is 5.26 Å². The number of nitriles is 1. The van der Waals surface area contributed by atoms with Gasteiger partial charge in [0.2, 0.25) is 0 Å². The third kappa shape index (κ3) is 3.45. The van der Waals surface area contributed by atoms with Crippen molar-refractivity contribution in [3.05, 3.63) is 29.6 Å². The first-order valence-electron chi connectivity index (χ1n) is 6.08. The standard InChI is InChI=1S/C14H19FN2/c1-4-11(5-2)10(3)17-13-7-6-12(9-16)14(15)8-13/h6-8,10-11,17H,4-5H2,1-3H3. The number of nitrogens with one attached hydrogen (secondary N) is 1. The summed E-state index contributed by atoms with van der Waals surface area (Å²) in [7, 11) is 0. The zero-order chi connectivity index (χ0) is 12.8. The summed E-state index contributed by atoms with van der Waals surface area (Å²) < 4.78 is 13.4. The van der Waals surface area contributed by atoms with Crippen molar-refractivity contribution >= 4 is 5.69 Å². The molecule has 0 radical (unpaired) electrons. The molecule has 1 aromatic rings. The van der Waals surface area contributed by atoms with Crippen LogP contribution in [0.3, 0.4) is 0 Å². The molecular formula is C14H19FN2. The van der Waals surface area contributed by atoms with Crippen LogP contribution < -0.4 is 5.32 Å². The van der Waals surface area contributed by atoms with Gasteiger partial charge in [-0.05, 0) is 31.0 Å². The Morgan fingerprint density at radius 3 is 2.47 bits per heavy atom. The highest BCUT2D eigenvalue weighted by atomic mass is 19.1. The van der Waals surface area contributed by atoms with E-state index in [1.807, 2.05) is 6.07 Å². The Morgan fingerprint density at radius 2 is 2.00 bits per heavy atom. The van der Waals surface area contributed by atoms with E-state index in [1.54, 1.807) is 6.07 Å². The lowest BCUT2D eigenvalue weighted by atomic mass is 9.95. The number of nitrogens with zero attached hydrogens (tertiary/aromatic N) is 1. The van der Waals surface area contributed by atoms with Crippen molar-refractivity contribution in [3.63, 3.8) is 0 Å². The SMILES string of the molecule is CCC(CC)C(C)Nc1ccc(C#N)c(F)c1. The molecule has 0 aromatic heterocycles. The van der Waals surface area contributed by atoms with Gasteiger partial charge < -0.3 is 5.32 Å². The van der Waals surface area contributed by atoms with Crippen LogP contribution in [0.2, 0.25) is 0 Å². The number of rotatable bonds is 5. The fourth-order valence-electron chi connectivity index (χ4n) is 2.07. The Hall–Kier alpha value is -1.56. The largest absolute Gasteiger partial charge is 0.382 e. The van der Waals surface area contributed by atoms with Crippen LogP contribution in [-0.4, -0.2) is 6.04 Å². The van der Waals surface area contributed by atoms with Gasteiger partial charge in [0, 0.05) is 11.7 Å². The van der Waals surface area contributed by atoms with Crippen LogP contribution in [0.25, 0.3) is 0 Å². The van der Waals surface area contributed by atoms with Gasteiger partial charge in [0.1, 0.15) is 11.9 Å². The lowest BCUT2D eigenvalue weighted by Crippen LogP contribution is -2.25. The predicted molar refractivity (Wildman–Crippen MR) is 68.3 cm³/mol. The van der Waals surface area contributed by atoms with Gasteiger partial charge in [-0.1, -0.05) is 26.7 Å². The molecule has 0 spiro atoms. The molecule has 0 amide bonds. The maximum atomic E-state index is 13.4. The summed E-state index contributed by atoms with van der Waals surface area (Å²) in [6.45, 7) is 6.42. The lowest BCUT2D eigenvalue weighted by Gasteiger charge is -2.23. The van der Waals surface area contributed by atoms with Gasteiger partial charge in [0.25, 0.3) is 0 Å². The molecule has 0 saturated heterocycles. The monoisotopic (exact) mass is 234 g/mol. The molecule has 0 heterocycles. The Kier molecular flexibility index (Phi) is 4.96. The summed E-state index contributed by atoms with van der Waals surface area (Å²) in [5, 5.41) is 11.9. The second kappa shape index (κ2) is 6.24. The van der Waals surface area contributed by atoms with Gasteiger partial charge in [-0.15, -0.1) is 0 Å². The van der Waals surface area contributed by atoms with E-state index in [9.17, 15) is 4.39 Å². The molecule has 1 rings (SSSR count). The van der Waals surface area contributed by atoms with Gasteiger partial charge in [-0.25, -0.2) is 4.39 Å². The highest BCUT2D eigenvalue weighted by molar-refractivity contribution is 5.48. The Morgan fingerprint density at radius 1 is 1.35 bits per heavy atom. The third-order valence-corrected chi connectivity index (χ3v) is 3.24. The smallest absolute Gasteiger partial charge is 0.143 e. The van der Waals surface area contributed by atoms with Crippen molar-refractivity contribution in [1.82, 2.24) is 0 Å². The first-order chi connectivity index (χ1) is 8.12. The topological polar surface area (TPSA) is 35.8 Å². The van der Waals surface area contributed by atoms with Crippen LogP contribution in [0, 0.1) is 23.1 Å². The van der Waals surface area contributed by atoms with Crippen LogP contribution in [-0.2, 0) is 0 Å². The fraction of sp³-hybridized carbons (Fsp3) is 0.500. The summed E-state index contributed by atoms with van der Waals surface area (Å²) in [5.41, 5.74) is 0.826. The quantitative estimate of drug-likeness (QED) is 0.837. The van der Waals surface area contributed by atoms with E-state index in [1.165, 1.54) is 12.1 Å². The maximum absolute atomic E-state index is 13.4. The normalized spacial score (nSPS) is 12.2. The number of halogens is 1. The first-order valence-corrected chi connectivity index (χ1v) is 6.08. The fourth-order valence-corrected chi connectivity index (χ4v) is 2.07. The summed E-state index contributed by atoms with van der Waals surface area (Å²) in [4.78, 5) is 0. The van der Waals surface area contributed by atoms with Crippen molar-refractivity contribution in [2.45, 2.75) is 39.7 Å². The highest BCUT2D eigenvalue weighted by Gasteiger charge is 2.13. The predicted octanol–water partition coefficient (Wildman–Crippen LogP) is 3.93. The molecular weight excluding hydrogens is 215 g/mol. The molecule has 17 heavy (non-hydrogen) atoms. The Bertz CT molecular complexity index is 405. The average Bonchev–Trinajstić information content (AvgIpc) is 2.31. The van der Waals surface area contributed by atoms with Crippen LogP contribution in [0.4, 0.5) is 10.1 Å². The number of benzene rings is 1. The second-order valence-electron chi connectivity index (χ2n) is 4.32. The van der Waals surface area contributed by atoms with Crippen molar-refractivity contribution in [2.24, 2.45) is 5.92 Å². The highest BCUT2D eigenvalue weighted by Crippen LogP contribution is 2.19. The first kappa shape index (κ1) is 13.5. The number of hydrogen-bond acceptors (Lipinski definition) is 2. The van der Waals surface area contributed by atoms with Crippen LogP contribution >= 0.6 is 0 Å². The van der Waals surface area contributed by atoms with Crippen LogP contribution in [0.15, 0.2) is 18.2 Å². The van der Waals surface area contributed by atoms with Crippen LogP contribution in [0.1, 0.15) is 39.2 Å². The van der Waals surface area contributed by atoms with Gasteiger partial charge in [0.05, 0.1) is 5.56 Å². The van der Waals surface area contributed by atoms with Crippen molar-refractivity contribution in [1.29, 1.82) is 5.26 Å². The van der Waals surface area contributed by atoms with E-state index in [0.717, 1.165) is 18.5 Å². The van der Waals surface area contributed by atoms with E-state index in [-0.39, 0.29) is 5.56 Å². The summed E-state index contributed by atoms with van der Waals surface area (Å²) >= 11 is 0. The van der Waals surface area contributed by atoms with Gasteiger partial charge >= 0.3 is 0 Å². The van der Waals surface area contributed by atoms with Gasteiger partial charge in [-0.2, -0.15) is 5.26 Å². The third-order valence-electron chi connectivity index (χ3n) is 3.24. The lowest BCUT2D eigenvalue weighted by molar-refractivity contribution is 0.437. The molecule has 1 unspecified atom stereocenters. The molecule has 0 aliphatic heterocycles. The van der Waals surface area contributed by atoms with E-state index >= 15 is 0 Å².